The number of anilines is 1. The minimum atomic E-state index is -0.356. The molecule has 2 N–H and O–H groups in total. The van der Waals surface area contributed by atoms with E-state index < -0.39 is 0 Å². The molecule has 0 spiro atoms. The van der Waals surface area contributed by atoms with Gasteiger partial charge in [-0.05, 0) is 74.8 Å². The summed E-state index contributed by atoms with van der Waals surface area (Å²) in [6.45, 7) is 0.00863. The highest BCUT2D eigenvalue weighted by atomic mass is 35.5. The van der Waals surface area contributed by atoms with Crippen LogP contribution in [0.15, 0.2) is 29.2 Å². The van der Waals surface area contributed by atoms with Gasteiger partial charge in [-0.2, -0.15) is 0 Å². The van der Waals surface area contributed by atoms with Gasteiger partial charge < -0.3 is 10.6 Å². The fourth-order valence-corrected chi connectivity index (χ4v) is 6.82. The van der Waals surface area contributed by atoms with E-state index in [1.165, 1.54) is 6.42 Å². The van der Waals surface area contributed by atoms with E-state index in [4.69, 9.17) is 11.6 Å². The maximum atomic E-state index is 12.9. The summed E-state index contributed by atoms with van der Waals surface area (Å²) in [4.78, 5) is 26.1. The number of alkyl halides is 1. The molecule has 4 aliphatic rings. The van der Waals surface area contributed by atoms with Gasteiger partial charge in [0.05, 0.1) is 12.0 Å². The van der Waals surface area contributed by atoms with Crippen molar-refractivity contribution in [3.05, 3.63) is 24.3 Å². The van der Waals surface area contributed by atoms with Crippen molar-refractivity contribution in [3.8, 4) is 0 Å². The van der Waals surface area contributed by atoms with Gasteiger partial charge >= 0.3 is 0 Å². The minimum Gasteiger partial charge on any atom is -0.347 e. The van der Waals surface area contributed by atoms with Crippen molar-refractivity contribution in [2.24, 2.45) is 17.3 Å². The zero-order valence-electron chi connectivity index (χ0n) is 15.0. The van der Waals surface area contributed by atoms with Gasteiger partial charge in [-0.1, -0.05) is 6.07 Å². The van der Waals surface area contributed by atoms with Crippen LogP contribution < -0.4 is 10.6 Å². The maximum absolute atomic E-state index is 12.9. The fourth-order valence-electron chi connectivity index (χ4n) is 5.67. The van der Waals surface area contributed by atoms with Crippen LogP contribution in [0.2, 0.25) is 0 Å². The van der Waals surface area contributed by atoms with Gasteiger partial charge in [0, 0.05) is 15.5 Å². The van der Waals surface area contributed by atoms with Crippen molar-refractivity contribution < 1.29 is 9.59 Å². The normalized spacial score (nSPS) is 34.5. The first-order valence-electron chi connectivity index (χ1n) is 9.31. The van der Waals surface area contributed by atoms with Gasteiger partial charge in [0.1, 0.15) is 0 Å². The van der Waals surface area contributed by atoms with Crippen LogP contribution in [0.3, 0.4) is 0 Å². The third-order valence-corrected chi connectivity index (χ3v) is 7.40. The van der Waals surface area contributed by atoms with E-state index in [1.807, 2.05) is 30.5 Å². The lowest BCUT2D eigenvalue weighted by Crippen LogP contribution is -2.58. The summed E-state index contributed by atoms with van der Waals surface area (Å²) in [6.07, 6.45) is 7.94. The molecule has 2 amide bonds. The second-order valence-electron chi connectivity index (χ2n) is 8.36. The predicted octanol–water partition coefficient (Wildman–Crippen LogP) is 4.04. The lowest BCUT2D eigenvalue weighted by Gasteiger charge is -2.59. The molecule has 1 aromatic rings. The Morgan fingerprint density at radius 1 is 1.23 bits per heavy atom. The molecule has 0 heterocycles. The Morgan fingerprint density at radius 2 is 1.96 bits per heavy atom. The van der Waals surface area contributed by atoms with E-state index in [9.17, 15) is 9.59 Å². The molecule has 4 fully saturated rings. The number of halogens is 1. The Bertz CT molecular complexity index is 724. The number of benzene rings is 1. The second-order valence-corrected chi connectivity index (χ2v) is 10.0. The van der Waals surface area contributed by atoms with Gasteiger partial charge in [-0.3, -0.25) is 9.59 Å². The van der Waals surface area contributed by atoms with E-state index in [0.29, 0.717) is 11.8 Å². The number of rotatable bonds is 5. The molecular weight excluding hydrogens is 368 g/mol. The molecule has 26 heavy (non-hydrogen) atoms. The van der Waals surface area contributed by atoms with Gasteiger partial charge in [0.25, 0.3) is 0 Å². The van der Waals surface area contributed by atoms with E-state index in [2.05, 4.69) is 10.6 Å². The smallest absolute Gasteiger partial charge is 0.243 e. The van der Waals surface area contributed by atoms with E-state index in [-0.39, 0.29) is 28.6 Å². The van der Waals surface area contributed by atoms with Gasteiger partial charge in [0.2, 0.25) is 11.8 Å². The van der Waals surface area contributed by atoms with Crippen molar-refractivity contribution in [1.82, 2.24) is 5.32 Å². The minimum absolute atomic E-state index is 0.00863. The van der Waals surface area contributed by atoms with Crippen molar-refractivity contribution in [1.29, 1.82) is 0 Å². The summed E-state index contributed by atoms with van der Waals surface area (Å²) >= 11 is 8.43. The average molecular weight is 393 g/mol. The van der Waals surface area contributed by atoms with Crippen LogP contribution in [0, 0.1) is 17.3 Å². The lowest BCUT2D eigenvalue weighted by atomic mass is 9.49. The van der Waals surface area contributed by atoms with Crippen LogP contribution in [0.1, 0.15) is 38.5 Å². The Kier molecular flexibility index (Phi) is 4.72. The molecule has 0 saturated heterocycles. The zero-order chi connectivity index (χ0) is 18.4. The SMILES string of the molecule is CSc1cccc(NC(=O)CNC(=O)C23C[C@@H]4C[C@@H](CC(Cl)(C4)C2)C3)c1. The van der Waals surface area contributed by atoms with Crippen LogP contribution in [-0.4, -0.2) is 29.5 Å². The molecule has 6 heteroatoms. The first-order valence-corrected chi connectivity index (χ1v) is 10.9. The lowest BCUT2D eigenvalue weighted by molar-refractivity contribution is -0.145. The number of hydrogen-bond acceptors (Lipinski definition) is 3. The molecule has 4 saturated carbocycles. The van der Waals surface area contributed by atoms with Gasteiger partial charge in [-0.15, -0.1) is 23.4 Å². The van der Waals surface area contributed by atoms with Crippen LogP contribution in [0.5, 0.6) is 0 Å². The van der Waals surface area contributed by atoms with Crippen LogP contribution >= 0.6 is 23.4 Å². The number of hydrogen-bond donors (Lipinski definition) is 2. The number of thioether (sulfide) groups is 1. The van der Waals surface area contributed by atoms with Gasteiger partial charge in [0.15, 0.2) is 0 Å². The van der Waals surface area contributed by atoms with E-state index in [1.54, 1.807) is 11.8 Å². The first-order chi connectivity index (χ1) is 12.4. The van der Waals surface area contributed by atoms with E-state index >= 15 is 0 Å². The molecule has 4 nitrogen and oxygen atoms in total. The third kappa shape index (κ3) is 3.48. The monoisotopic (exact) mass is 392 g/mol. The Labute approximate surface area is 163 Å². The Hall–Kier alpha value is -1.20. The predicted molar refractivity (Wildman–Crippen MR) is 106 cm³/mol. The molecule has 0 aliphatic heterocycles. The van der Waals surface area contributed by atoms with Crippen LogP contribution in [0.25, 0.3) is 0 Å². The summed E-state index contributed by atoms with van der Waals surface area (Å²) < 4.78 is 0. The zero-order valence-corrected chi connectivity index (χ0v) is 16.6. The summed E-state index contributed by atoms with van der Waals surface area (Å²) in [7, 11) is 0. The number of carbonyl (C=O) groups excluding carboxylic acids is 2. The van der Waals surface area contributed by atoms with E-state index in [0.717, 1.165) is 42.7 Å². The second kappa shape index (κ2) is 6.75. The molecular formula is C20H25ClN2O2S. The number of carbonyl (C=O) groups is 2. The average Bonchev–Trinajstić information content (AvgIpc) is 2.57. The molecule has 0 radical (unpaired) electrons. The summed E-state index contributed by atoms with van der Waals surface area (Å²) in [5, 5.41) is 5.75. The van der Waals surface area contributed by atoms with Crippen LogP contribution in [-0.2, 0) is 9.59 Å². The molecule has 4 aliphatic carbocycles. The van der Waals surface area contributed by atoms with Crippen molar-refractivity contribution >= 4 is 40.9 Å². The first kappa shape index (κ1) is 18.2. The maximum Gasteiger partial charge on any atom is 0.243 e. The van der Waals surface area contributed by atoms with Crippen molar-refractivity contribution in [2.45, 2.75) is 48.3 Å². The molecule has 140 valence electrons. The number of amides is 2. The Balaban J connectivity index is 1.36. The molecule has 0 aromatic heterocycles. The largest absolute Gasteiger partial charge is 0.347 e. The molecule has 4 bridgehead atoms. The molecule has 4 atom stereocenters. The summed E-state index contributed by atoms with van der Waals surface area (Å²) in [5.41, 5.74) is 0.399. The highest BCUT2D eigenvalue weighted by Crippen LogP contribution is 2.63. The highest BCUT2D eigenvalue weighted by Gasteiger charge is 2.60. The highest BCUT2D eigenvalue weighted by molar-refractivity contribution is 7.98. The topological polar surface area (TPSA) is 58.2 Å². The van der Waals surface area contributed by atoms with Crippen molar-refractivity contribution in [3.63, 3.8) is 0 Å². The molecule has 2 unspecified atom stereocenters. The summed E-state index contributed by atoms with van der Waals surface area (Å²) in [5.74, 6) is 0.969. The third-order valence-electron chi connectivity index (χ3n) is 6.23. The van der Waals surface area contributed by atoms with Gasteiger partial charge in [-0.25, -0.2) is 0 Å². The van der Waals surface area contributed by atoms with Crippen LogP contribution in [0.4, 0.5) is 5.69 Å². The standard InChI is InChI=1S/C20H25ClN2O2S/c1-26-16-4-2-3-15(6-16)23-17(24)11-22-18(25)19-7-13-5-14(8-19)10-20(21,9-13)12-19/h2-4,6,13-14H,5,7-12H2,1H3,(H,22,25)(H,23,24)/t13-,14+,19?,20?. The fraction of sp³-hybridized carbons (Fsp3) is 0.600. The Morgan fingerprint density at radius 3 is 2.62 bits per heavy atom. The quantitative estimate of drug-likeness (QED) is 0.587. The van der Waals surface area contributed by atoms with Crippen molar-refractivity contribution in [2.75, 3.05) is 18.1 Å². The molecule has 1 aromatic carbocycles. The molecule has 5 rings (SSSR count). The summed E-state index contributed by atoms with van der Waals surface area (Å²) in [6, 6.07) is 7.70. The number of nitrogens with one attached hydrogen (secondary N) is 2.